The van der Waals surface area contributed by atoms with Gasteiger partial charge in [-0.25, -0.2) is 9.86 Å². The zero-order valence-electron chi connectivity index (χ0n) is 14.0. The lowest BCUT2D eigenvalue weighted by Crippen LogP contribution is -2.48. The number of hydrogen-bond acceptors (Lipinski definition) is 3. The van der Waals surface area contributed by atoms with Crippen LogP contribution in [0.25, 0.3) is 0 Å². The molecule has 1 aliphatic rings. The maximum absolute atomic E-state index is 13.5. The van der Waals surface area contributed by atoms with Crippen LogP contribution >= 0.6 is 0 Å². The van der Waals surface area contributed by atoms with Crippen LogP contribution in [0.4, 0.5) is 23.7 Å². The van der Waals surface area contributed by atoms with Gasteiger partial charge in [0.1, 0.15) is 12.4 Å². The van der Waals surface area contributed by atoms with Gasteiger partial charge in [0.05, 0.1) is 18.7 Å². The lowest BCUT2D eigenvalue weighted by atomic mass is 10.1. The van der Waals surface area contributed by atoms with E-state index < -0.39 is 17.8 Å². The van der Waals surface area contributed by atoms with Crippen LogP contribution in [0.1, 0.15) is 11.1 Å². The molecule has 0 saturated carbocycles. The normalized spacial score (nSPS) is 15.3. The van der Waals surface area contributed by atoms with Gasteiger partial charge in [0.25, 0.3) is 0 Å². The van der Waals surface area contributed by atoms with E-state index in [4.69, 9.17) is 9.57 Å². The van der Waals surface area contributed by atoms with Gasteiger partial charge in [-0.05, 0) is 23.8 Å². The van der Waals surface area contributed by atoms with E-state index in [1.165, 1.54) is 24.1 Å². The van der Waals surface area contributed by atoms with E-state index >= 15 is 0 Å². The molecule has 0 N–H and O–H groups in total. The number of urea groups is 1. The molecule has 0 atom stereocenters. The number of alkyl halides is 3. The van der Waals surface area contributed by atoms with E-state index in [1.54, 1.807) is 24.3 Å². The largest absolute Gasteiger partial charge is 0.488 e. The van der Waals surface area contributed by atoms with Crippen molar-refractivity contribution in [2.75, 3.05) is 25.1 Å². The summed E-state index contributed by atoms with van der Waals surface area (Å²) in [6, 6.07) is 12.0. The van der Waals surface area contributed by atoms with E-state index in [9.17, 15) is 18.0 Å². The fourth-order valence-electron chi connectivity index (χ4n) is 2.60. The molecule has 0 spiro atoms. The fourth-order valence-corrected chi connectivity index (χ4v) is 2.60. The molecule has 0 radical (unpaired) electrons. The van der Waals surface area contributed by atoms with Crippen molar-refractivity contribution in [1.82, 2.24) is 5.06 Å². The van der Waals surface area contributed by atoms with Crippen molar-refractivity contribution < 1.29 is 27.5 Å². The Bertz CT molecular complexity index is 781. The second-order valence-electron chi connectivity index (χ2n) is 5.72. The molecule has 0 aliphatic carbocycles. The van der Waals surface area contributed by atoms with E-state index in [2.05, 4.69) is 0 Å². The zero-order valence-corrected chi connectivity index (χ0v) is 14.0. The van der Waals surface area contributed by atoms with E-state index in [0.717, 1.165) is 16.7 Å². The van der Waals surface area contributed by atoms with E-state index in [0.29, 0.717) is 0 Å². The molecule has 26 heavy (non-hydrogen) atoms. The maximum atomic E-state index is 13.5. The lowest BCUT2D eigenvalue weighted by molar-refractivity contribution is -0.139. The standard InChI is InChI=1S/C18H17F3N2O3/c1-22-17(24)23(9-10-26-22)14-7-8-16(15(11-14)18(19,20)21)25-12-13-5-3-2-4-6-13/h2-8,11H,9-10,12H2,1H3. The van der Waals surface area contributed by atoms with Gasteiger partial charge in [0.15, 0.2) is 0 Å². The Labute approximate surface area is 148 Å². The highest BCUT2D eigenvalue weighted by Gasteiger charge is 2.36. The molecule has 2 amide bonds. The van der Waals surface area contributed by atoms with Crippen LogP contribution < -0.4 is 9.64 Å². The number of amides is 2. The number of benzene rings is 2. The van der Waals surface area contributed by atoms with E-state index in [1.807, 2.05) is 6.07 Å². The average molecular weight is 366 g/mol. The summed E-state index contributed by atoms with van der Waals surface area (Å²) in [6.07, 6.45) is -4.61. The third kappa shape index (κ3) is 3.91. The van der Waals surface area contributed by atoms with Crippen molar-refractivity contribution in [2.45, 2.75) is 12.8 Å². The fraction of sp³-hybridized carbons (Fsp3) is 0.278. The summed E-state index contributed by atoms with van der Waals surface area (Å²) in [6.45, 7) is 0.392. The Morgan fingerprint density at radius 2 is 1.88 bits per heavy atom. The molecule has 1 fully saturated rings. The minimum Gasteiger partial charge on any atom is -0.488 e. The number of anilines is 1. The molecule has 8 heteroatoms. The number of rotatable bonds is 4. The zero-order chi connectivity index (χ0) is 18.7. The molecule has 0 unspecified atom stereocenters. The van der Waals surface area contributed by atoms with Crippen LogP contribution in [0.5, 0.6) is 5.75 Å². The summed E-state index contributed by atoms with van der Waals surface area (Å²) in [7, 11) is 1.41. The molecule has 5 nitrogen and oxygen atoms in total. The van der Waals surface area contributed by atoms with Crippen molar-refractivity contribution >= 4 is 11.7 Å². The molecular weight excluding hydrogens is 349 g/mol. The van der Waals surface area contributed by atoms with Crippen LogP contribution in [-0.2, 0) is 17.6 Å². The smallest absolute Gasteiger partial charge is 0.420 e. The summed E-state index contributed by atoms with van der Waals surface area (Å²) in [5, 5.41) is 0.997. The van der Waals surface area contributed by atoms with Crippen molar-refractivity contribution in [3.63, 3.8) is 0 Å². The summed E-state index contributed by atoms with van der Waals surface area (Å²) >= 11 is 0. The summed E-state index contributed by atoms with van der Waals surface area (Å²) in [5.74, 6) is -0.279. The third-order valence-corrected chi connectivity index (χ3v) is 3.92. The first-order valence-corrected chi connectivity index (χ1v) is 7.92. The number of carbonyl (C=O) groups is 1. The van der Waals surface area contributed by atoms with Crippen LogP contribution in [0.2, 0.25) is 0 Å². The number of carbonyl (C=O) groups excluding carboxylic acids is 1. The molecule has 1 aliphatic heterocycles. The SMILES string of the molecule is CN1OCCN(c2ccc(OCc3ccccc3)c(C(F)(F)F)c2)C1=O. The van der Waals surface area contributed by atoms with Crippen LogP contribution in [0.15, 0.2) is 48.5 Å². The summed E-state index contributed by atoms with van der Waals surface area (Å²) in [5.41, 5.74) is -0.0212. The Morgan fingerprint density at radius 3 is 2.58 bits per heavy atom. The number of hydroxylamine groups is 2. The van der Waals surface area contributed by atoms with Gasteiger partial charge in [0, 0.05) is 12.7 Å². The Morgan fingerprint density at radius 1 is 1.15 bits per heavy atom. The Hall–Kier alpha value is -2.74. The predicted octanol–water partition coefficient (Wildman–Crippen LogP) is 4.09. The predicted molar refractivity (Wildman–Crippen MR) is 88.7 cm³/mol. The van der Waals surface area contributed by atoms with Gasteiger partial charge >= 0.3 is 12.2 Å². The first kappa shape index (κ1) is 18.1. The van der Waals surface area contributed by atoms with Crippen LogP contribution in [-0.4, -0.2) is 31.3 Å². The molecule has 2 aromatic carbocycles. The van der Waals surface area contributed by atoms with Gasteiger partial charge in [-0.3, -0.25) is 9.74 Å². The molecule has 1 heterocycles. The minimum absolute atomic E-state index is 0.0164. The number of hydrogen-bond donors (Lipinski definition) is 0. The van der Waals surface area contributed by atoms with Crippen LogP contribution in [0.3, 0.4) is 0 Å². The minimum atomic E-state index is -4.61. The van der Waals surface area contributed by atoms with Crippen LogP contribution in [0, 0.1) is 0 Å². The van der Waals surface area contributed by atoms with Crippen molar-refractivity contribution in [3.05, 3.63) is 59.7 Å². The molecule has 1 saturated heterocycles. The van der Waals surface area contributed by atoms with Gasteiger partial charge in [-0.15, -0.1) is 0 Å². The average Bonchev–Trinajstić information content (AvgIpc) is 2.62. The summed E-state index contributed by atoms with van der Waals surface area (Å²) in [4.78, 5) is 18.4. The van der Waals surface area contributed by atoms with Gasteiger partial charge < -0.3 is 4.74 Å². The highest BCUT2D eigenvalue weighted by Crippen LogP contribution is 2.39. The highest BCUT2D eigenvalue weighted by molar-refractivity contribution is 5.92. The molecular formula is C18H17F3N2O3. The number of halogens is 3. The Kier molecular flexibility index (Phi) is 5.03. The highest BCUT2D eigenvalue weighted by atomic mass is 19.4. The first-order valence-electron chi connectivity index (χ1n) is 7.92. The van der Waals surface area contributed by atoms with Crippen molar-refractivity contribution in [2.24, 2.45) is 0 Å². The van der Waals surface area contributed by atoms with Gasteiger partial charge in [-0.1, -0.05) is 30.3 Å². The first-order chi connectivity index (χ1) is 12.4. The molecule has 0 bridgehead atoms. The molecule has 2 aromatic rings. The van der Waals surface area contributed by atoms with Gasteiger partial charge in [0.2, 0.25) is 0 Å². The van der Waals surface area contributed by atoms with Crippen molar-refractivity contribution in [3.8, 4) is 5.75 Å². The van der Waals surface area contributed by atoms with E-state index in [-0.39, 0.29) is 31.2 Å². The number of nitrogens with zero attached hydrogens (tertiary/aromatic N) is 2. The second kappa shape index (κ2) is 7.25. The molecule has 138 valence electrons. The third-order valence-electron chi connectivity index (χ3n) is 3.92. The quantitative estimate of drug-likeness (QED) is 0.819. The number of ether oxygens (including phenoxy) is 1. The summed E-state index contributed by atoms with van der Waals surface area (Å²) < 4.78 is 45.8. The second-order valence-corrected chi connectivity index (χ2v) is 5.72. The Balaban J connectivity index is 1.87. The van der Waals surface area contributed by atoms with Crippen molar-refractivity contribution in [1.29, 1.82) is 0 Å². The molecule has 3 rings (SSSR count). The van der Waals surface area contributed by atoms with Gasteiger partial charge in [-0.2, -0.15) is 13.2 Å². The monoisotopic (exact) mass is 366 g/mol. The maximum Gasteiger partial charge on any atom is 0.420 e. The topological polar surface area (TPSA) is 42.0 Å². The molecule has 0 aromatic heterocycles. The lowest BCUT2D eigenvalue weighted by Gasteiger charge is -2.32.